The number of hydrogen-bond donors (Lipinski definition) is 1. The van der Waals surface area contributed by atoms with Crippen molar-refractivity contribution in [3.8, 4) is 5.75 Å². The summed E-state index contributed by atoms with van der Waals surface area (Å²) >= 11 is 0. The highest BCUT2D eigenvalue weighted by Gasteiger charge is 2.11. The Morgan fingerprint density at radius 1 is 1.35 bits per heavy atom. The van der Waals surface area contributed by atoms with E-state index in [1.165, 1.54) is 13.4 Å². The Hall–Kier alpha value is -1.76. The van der Waals surface area contributed by atoms with E-state index in [1.54, 1.807) is 25.1 Å². The van der Waals surface area contributed by atoms with Crippen molar-refractivity contribution >= 4 is 21.5 Å². The lowest BCUT2D eigenvalue weighted by molar-refractivity contribution is 0.0526. The first-order valence-electron chi connectivity index (χ1n) is 6.14. The molecule has 0 aliphatic heterocycles. The van der Waals surface area contributed by atoms with Gasteiger partial charge in [-0.05, 0) is 25.1 Å². The van der Waals surface area contributed by atoms with Gasteiger partial charge in [0.25, 0.3) is 0 Å². The van der Waals surface area contributed by atoms with Gasteiger partial charge in [0.15, 0.2) is 0 Å². The van der Waals surface area contributed by atoms with E-state index in [-0.39, 0.29) is 12.3 Å². The van der Waals surface area contributed by atoms with Gasteiger partial charge in [-0.15, -0.1) is 0 Å². The lowest BCUT2D eigenvalue weighted by Crippen LogP contribution is -2.14. The summed E-state index contributed by atoms with van der Waals surface area (Å²) in [6.45, 7) is 2.31. The molecule has 0 aromatic heterocycles. The maximum Gasteiger partial charge on any atom is 0.338 e. The molecule has 0 saturated carbocycles. The van der Waals surface area contributed by atoms with Gasteiger partial charge in [-0.1, -0.05) is 0 Å². The number of ether oxygens (including phenoxy) is 2. The highest BCUT2D eigenvalue weighted by atomic mass is 32.2. The fraction of sp³-hybridized carbons (Fsp3) is 0.462. The standard InChI is InChI=1S/C13H19NO5S/c1-4-19-13(15)10-5-6-11(12(9-10)18-2)14-7-8-20(3,16)17/h5-6,9,14H,4,7-8H2,1-3H3. The molecular formula is C13H19NO5S. The monoisotopic (exact) mass is 301 g/mol. The summed E-state index contributed by atoms with van der Waals surface area (Å²) in [7, 11) is -1.54. The van der Waals surface area contributed by atoms with Gasteiger partial charge in [-0.25, -0.2) is 13.2 Å². The summed E-state index contributed by atoms with van der Waals surface area (Å²) in [6, 6.07) is 4.82. The van der Waals surface area contributed by atoms with Crippen LogP contribution in [0.3, 0.4) is 0 Å². The summed E-state index contributed by atoms with van der Waals surface area (Å²) in [5.74, 6) is 0.0630. The first-order valence-corrected chi connectivity index (χ1v) is 8.20. The molecule has 1 aromatic carbocycles. The SMILES string of the molecule is CCOC(=O)c1ccc(NCCS(C)(=O)=O)c(OC)c1. The molecule has 0 amide bonds. The number of carbonyl (C=O) groups is 1. The number of nitrogens with one attached hydrogen (secondary N) is 1. The molecule has 0 fully saturated rings. The second kappa shape index (κ2) is 7.14. The van der Waals surface area contributed by atoms with E-state index in [2.05, 4.69) is 5.32 Å². The third kappa shape index (κ3) is 5.08. The number of rotatable bonds is 7. The lowest BCUT2D eigenvalue weighted by Gasteiger charge is -2.12. The molecule has 1 aromatic rings. The van der Waals surface area contributed by atoms with Gasteiger partial charge in [0.1, 0.15) is 15.6 Å². The number of hydrogen-bond acceptors (Lipinski definition) is 6. The van der Waals surface area contributed by atoms with Gasteiger partial charge in [0.2, 0.25) is 0 Å². The van der Waals surface area contributed by atoms with E-state index < -0.39 is 15.8 Å². The minimum atomic E-state index is -3.02. The Morgan fingerprint density at radius 3 is 2.60 bits per heavy atom. The molecule has 0 radical (unpaired) electrons. The quantitative estimate of drug-likeness (QED) is 0.765. The van der Waals surface area contributed by atoms with Gasteiger partial charge in [-0.3, -0.25) is 0 Å². The molecule has 1 rings (SSSR count). The second-order valence-electron chi connectivity index (χ2n) is 4.19. The maximum atomic E-state index is 11.6. The maximum absolute atomic E-state index is 11.6. The van der Waals surface area contributed by atoms with Crippen LogP contribution < -0.4 is 10.1 Å². The van der Waals surface area contributed by atoms with Crippen LogP contribution in [0.2, 0.25) is 0 Å². The molecule has 112 valence electrons. The summed E-state index contributed by atoms with van der Waals surface area (Å²) in [5, 5.41) is 2.96. The zero-order chi connectivity index (χ0) is 15.2. The van der Waals surface area contributed by atoms with Crippen LogP contribution in [0.4, 0.5) is 5.69 Å². The minimum absolute atomic E-state index is 0.0236. The van der Waals surface area contributed by atoms with Crippen LogP contribution in [0.15, 0.2) is 18.2 Å². The largest absolute Gasteiger partial charge is 0.495 e. The van der Waals surface area contributed by atoms with Crippen molar-refractivity contribution in [1.29, 1.82) is 0 Å². The first kappa shape index (κ1) is 16.3. The van der Waals surface area contributed by atoms with Crippen molar-refractivity contribution < 1.29 is 22.7 Å². The topological polar surface area (TPSA) is 81.7 Å². The molecule has 0 bridgehead atoms. The molecule has 20 heavy (non-hydrogen) atoms. The lowest BCUT2D eigenvalue weighted by atomic mass is 10.2. The molecule has 1 N–H and O–H groups in total. The number of carbonyl (C=O) groups excluding carboxylic acids is 1. The molecular weight excluding hydrogens is 282 g/mol. The Bertz CT molecular complexity index is 568. The predicted octanol–water partition coefficient (Wildman–Crippen LogP) is 1.33. The number of esters is 1. The van der Waals surface area contributed by atoms with Gasteiger partial charge in [0, 0.05) is 12.8 Å². The van der Waals surface area contributed by atoms with Crippen molar-refractivity contribution in [2.45, 2.75) is 6.92 Å². The van der Waals surface area contributed by atoms with Crippen molar-refractivity contribution in [1.82, 2.24) is 0 Å². The second-order valence-corrected chi connectivity index (χ2v) is 6.45. The van der Waals surface area contributed by atoms with E-state index in [9.17, 15) is 13.2 Å². The molecule has 0 spiro atoms. The summed E-state index contributed by atoms with van der Waals surface area (Å²) in [4.78, 5) is 11.6. The van der Waals surface area contributed by atoms with Crippen LogP contribution >= 0.6 is 0 Å². The average Bonchev–Trinajstić information content (AvgIpc) is 2.37. The zero-order valence-corrected chi connectivity index (χ0v) is 12.6. The third-order valence-corrected chi connectivity index (χ3v) is 3.45. The number of sulfone groups is 1. The number of benzene rings is 1. The molecule has 0 unspecified atom stereocenters. The number of anilines is 1. The molecule has 0 aliphatic rings. The highest BCUT2D eigenvalue weighted by Crippen LogP contribution is 2.25. The van der Waals surface area contributed by atoms with Gasteiger partial charge >= 0.3 is 5.97 Å². The van der Waals surface area contributed by atoms with E-state index in [0.717, 1.165) is 0 Å². The Kier molecular flexibility index (Phi) is 5.82. The fourth-order valence-corrected chi connectivity index (χ4v) is 2.02. The molecule has 6 nitrogen and oxygen atoms in total. The summed E-state index contributed by atoms with van der Waals surface area (Å²) < 4.78 is 32.2. The van der Waals surface area contributed by atoms with Gasteiger partial charge < -0.3 is 14.8 Å². The molecule has 0 heterocycles. The van der Waals surface area contributed by atoms with Crippen LogP contribution in [0.1, 0.15) is 17.3 Å². The van der Waals surface area contributed by atoms with E-state index in [4.69, 9.17) is 9.47 Å². The van der Waals surface area contributed by atoms with Crippen LogP contribution in [0.25, 0.3) is 0 Å². The van der Waals surface area contributed by atoms with Crippen molar-refractivity contribution in [2.24, 2.45) is 0 Å². The van der Waals surface area contributed by atoms with Crippen LogP contribution in [-0.4, -0.2) is 46.7 Å². The van der Waals surface area contributed by atoms with Crippen molar-refractivity contribution in [3.63, 3.8) is 0 Å². The molecule has 0 aliphatic carbocycles. The van der Waals surface area contributed by atoms with Crippen molar-refractivity contribution in [3.05, 3.63) is 23.8 Å². The fourth-order valence-electron chi connectivity index (χ4n) is 1.55. The zero-order valence-electron chi connectivity index (χ0n) is 11.8. The Morgan fingerprint density at radius 2 is 2.05 bits per heavy atom. The predicted molar refractivity (Wildman–Crippen MR) is 77.2 cm³/mol. The molecule has 7 heteroatoms. The molecule has 0 saturated heterocycles. The van der Waals surface area contributed by atoms with Crippen LogP contribution in [-0.2, 0) is 14.6 Å². The average molecular weight is 301 g/mol. The Labute approximate surface area is 119 Å². The number of methoxy groups -OCH3 is 1. The van der Waals surface area contributed by atoms with Gasteiger partial charge in [-0.2, -0.15) is 0 Å². The first-order chi connectivity index (χ1) is 9.37. The van der Waals surface area contributed by atoms with Crippen molar-refractivity contribution in [2.75, 3.05) is 37.6 Å². The highest BCUT2D eigenvalue weighted by molar-refractivity contribution is 7.90. The van der Waals surface area contributed by atoms with E-state index in [1.807, 2.05) is 0 Å². The normalized spacial score (nSPS) is 10.9. The van der Waals surface area contributed by atoms with Crippen LogP contribution in [0.5, 0.6) is 5.75 Å². The smallest absolute Gasteiger partial charge is 0.338 e. The van der Waals surface area contributed by atoms with Gasteiger partial charge in [0.05, 0.1) is 30.7 Å². The van der Waals surface area contributed by atoms with E-state index in [0.29, 0.717) is 23.6 Å². The summed E-state index contributed by atoms with van der Waals surface area (Å²) in [5.41, 5.74) is 1.02. The van der Waals surface area contributed by atoms with Crippen LogP contribution in [0, 0.1) is 0 Å². The Balaban J connectivity index is 2.80. The van der Waals surface area contributed by atoms with E-state index >= 15 is 0 Å². The molecule has 0 atom stereocenters. The minimum Gasteiger partial charge on any atom is -0.495 e. The third-order valence-electron chi connectivity index (χ3n) is 2.50. The summed E-state index contributed by atoms with van der Waals surface area (Å²) in [6.07, 6.45) is 1.18.